The molecule has 2 N–H and O–H groups in total. The van der Waals surface area contributed by atoms with Crippen LogP contribution in [0, 0.1) is 5.82 Å². The minimum absolute atomic E-state index is 0.0101. The van der Waals surface area contributed by atoms with Gasteiger partial charge in [0.05, 0.1) is 29.0 Å². The number of halogens is 5. The van der Waals surface area contributed by atoms with Gasteiger partial charge in [-0.2, -0.15) is 18.3 Å². The Kier molecular flexibility index (Phi) is 5.82. The Bertz CT molecular complexity index is 1280. The minimum Gasteiger partial charge on any atom is -0.323 e. The lowest BCUT2D eigenvalue weighted by atomic mass is 10.1. The van der Waals surface area contributed by atoms with E-state index in [0.717, 1.165) is 12.1 Å². The van der Waals surface area contributed by atoms with E-state index in [0.29, 0.717) is 10.7 Å². The van der Waals surface area contributed by atoms with Gasteiger partial charge < -0.3 is 10.2 Å². The maximum atomic E-state index is 15.4. The lowest BCUT2D eigenvalue weighted by Crippen LogP contribution is -2.36. The predicted molar refractivity (Wildman–Crippen MR) is 114 cm³/mol. The Hall–Kier alpha value is -4.22. The number of pyridine rings is 1. The lowest BCUT2D eigenvalue weighted by molar-refractivity contribution is -0.138. The van der Waals surface area contributed by atoms with Crippen LogP contribution in [0.15, 0.2) is 54.7 Å². The topological polar surface area (TPSA) is 77.6 Å². The quantitative estimate of drug-likeness (QED) is 0.385. The van der Waals surface area contributed by atoms with Crippen molar-refractivity contribution in [2.75, 3.05) is 22.8 Å². The van der Waals surface area contributed by atoms with Crippen molar-refractivity contribution in [1.82, 2.24) is 9.88 Å². The van der Waals surface area contributed by atoms with E-state index in [1.165, 1.54) is 48.5 Å². The molecule has 7 nitrogen and oxygen atoms in total. The Morgan fingerprint density at radius 2 is 1.94 bits per heavy atom. The summed E-state index contributed by atoms with van der Waals surface area (Å²) in [7, 11) is 1.53. The van der Waals surface area contributed by atoms with E-state index in [1.54, 1.807) is 0 Å². The van der Waals surface area contributed by atoms with E-state index in [-0.39, 0.29) is 35.5 Å². The Morgan fingerprint density at radius 1 is 1.18 bits per heavy atom. The van der Waals surface area contributed by atoms with Gasteiger partial charge in [0.15, 0.2) is 0 Å². The molecule has 1 aromatic heterocycles. The van der Waals surface area contributed by atoms with Crippen molar-refractivity contribution < 1.29 is 31.6 Å². The summed E-state index contributed by atoms with van der Waals surface area (Å²) in [4.78, 5) is 29.7. The van der Waals surface area contributed by atoms with E-state index in [4.69, 9.17) is 0 Å². The van der Waals surface area contributed by atoms with Crippen LogP contribution in [-0.2, 0) is 12.7 Å². The maximum absolute atomic E-state index is 15.4. The highest BCUT2D eigenvalue weighted by atomic mass is 19.4. The molecule has 0 atom stereocenters. The molecule has 0 saturated heterocycles. The zero-order valence-corrected chi connectivity index (χ0v) is 17.5. The van der Waals surface area contributed by atoms with E-state index >= 15 is 4.48 Å². The fourth-order valence-corrected chi connectivity index (χ4v) is 3.43. The van der Waals surface area contributed by atoms with Crippen molar-refractivity contribution >= 4 is 34.8 Å². The number of nitrogens with one attached hydrogen (secondary N) is 2. The molecule has 34 heavy (non-hydrogen) atoms. The minimum atomic E-state index is -4.95. The third kappa shape index (κ3) is 4.47. The number of anilines is 4. The third-order valence-corrected chi connectivity index (χ3v) is 5.07. The molecule has 4 rings (SSSR count). The number of hydrogen-bond donors (Lipinski definition) is 2. The molecule has 1 aliphatic heterocycles. The van der Waals surface area contributed by atoms with Crippen molar-refractivity contribution in [2.24, 2.45) is 0 Å². The summed E-state index contributed by atoms with van der Waals surface area (Å²) >= 11 is 0. The van der Waals surface area contributed by atoms with Crippen molar-refractivity contribution in [3.05, 3.63) is 77.2 Å². The van der Waals surface area contributed by atoms with Crippen molar-refractivity contribution in [3.63, 3.8) is 0 Å². The molecule has 0 spiro atoms. The van der Waals surface area contributed by atoms with E-state index in [2.05, 4.69) is 15.6 Å². The summed E-state index contributed by atoms with van der Waals surface area (Å²) in [6.07, 6.45) is -3.64. The van der Waals surface area contributed by atoms with Crippen molar-refractivity contribution in [2.45, 2.75) is 12.7 Å². The van der Waals surface area contributed by atoms with Gasteiger partial charge in [-0.25, -0.2) is 14.2 Å². The first-order valence-corrected chi connectivity index (χ1v) is 9.78. The summed E-state index contributed by atoms with van der Waals surface area (Å²) in [6.45, 7) is 0.0893. The molecule has 0 fully saturated rings. The number of carbonyl (C=O) groups excluding carboxylic acids is 2. The molecule has 3 aromatic rings. The van der Waals surface area contributed by atoms with E-state index in [1.807, 2.05) is 0 Å². The summed E-state index contributed by atoms with van der Waals surface area (Å²) in [5.41, 5.74) is -1.75. The molecule has 12 heteroatoms. The zero-order valence-electron chi connectivity index (χ0n) is 17.5. The smallest absolute Gasteiger partial charge is 0.323 e. The van der Waals surface area contributed by atoms with Crippen LogP contribution >= 0.6 is 0 Å². The van der Waals surface area contributed by atoms with E-state index in [9.17, 15) is 27.2 Å². The number of alkyl halides is 3. The van der Waals surface area contributed by atoms with Crippen LogP contribution in [-0.4, -0.2) is 28.9 Å². The Morgan fingerprint density at radius 3 is 2.68 bits per heavy atom. The van der Waals surface area contributed by atoms with Crippen LogP contribution in [0.1, 0.15) is 21.5 Å². The first-order valence-electron chi connectivity index (χ1n) is 9.78. The van der Waals surface area contributed by atoms with Gasteiger partial charge in [0.2, 0.25) is 0 Å². The molecule has 0 radical (unpaired) electrons. The first-order chi connectivity index (χ1) is 16.0. The molecule has 3 amide bonds. The highest BCUT2D eigenvalue weighted by Crippen LogP contribution is 2.36. The van der Waals surface area contributed by atoms with Crippen LogP contribution < -0.4 is 15.8 Å². The molecule has 2 heterocycles. The number of amides is 3. The fraction of sp³-hybridized carbons (Fsp3) is 0.136. The predicted octanol–water partition coefficient (Wildman–Crippen LogP) is 5.49. The summed E-state index contributed by atoms with van der Waals surface area (Å²) < 4.78 is 68.4. The molecule has 176 valence electrons. The number of benzene rings is 2. The highest BCUT2D eigenvalue weighted by molar-refractivity contribution is 6.05. The second-order valence-corrected chi connectivity index (χ2v) is 7.42. The molecule has 2 aromatic carbocycles. The number of hydrogen-bond acceptors (Lipinski definition) is 4. The summed E-state index contributed by atoms with van der Waals surface area (Å²) in [5.74, 6) is -2.08. The van der Waals surface area contributed by atoms with Crippen molar-refractivity contribution in [3.8, 4) is 0 Å². The normalized spacial score (nSPS) is 13.2. The molecule has 0 unspecified atom stereocenters. The van der Waals surface area contributed by atoms with Gasteiger partial charge in [0.1, 0.15) is 11.6 Å². The summed E-state index contributed by atoms with van der Waals surface area (Å²) in [5, 5.41) is 5.13. The number of fused-ring (bicyclic) bond motifs is 1. The average molecular weight is 477 g/mol. The van der Waals surface area contributed by atoms with E-state index < -0.39 is 35.1 Å². The standard InChI is InChI=1S/C22H16F5N5O2/c1-31-11-16-18(7-8-28-19(16)30-21(31)34)32(27)14-4-2-3-13(10-14)29-20(33)15-6-5-12(23)9-17(15)22(24,25)26/h2-10H,11H2,1H3,(H,29,33)(H,28,30,34). The van der Waals surface area contributed by atoms with Gasteiger partial charge in [-0.15, -0.1) is 0 Å². The second kappa shape index (κ2) is 8.61. The molecular weight excluding hydrogens is 461 g/mol. The SMILES string of the molecule is CN1Cc2c(N(F)c3cccc(NC(=O)c4ccc(F)cc4C(F)(F)F)c3)ccnc2NC1=O. The lowest BCUT2D eigenvalue weighted by Gasteiger charge is -2.28. The van der Waals surface area contributed by atoms with Crippen LogP contribution in [0.5, 0.6) is 0 Å². The average Bonchev–Trinajstić information content (AvgIpc) is 2.78. The number of rotatable bonds is 4. The molecule has 0 saturated carbocycles. The van der Waals surface area contributed by atoms with Crippen LogP contribution in [0.4, 0.5) is 49.7 Å². The molecule has 0 bridgehead atoms. The van der Waals surface area contributed by atoms with Gasteiger partial charge in [-0.3, -0.25) is 10.1 Å². The van der Waals surface area contributed by atoms with Gasteiger partial charge in [-0.1, -0.05) is 10.5 Å². The summed E-state index contributed by atoms with van der Waals surface area (Å²) in [6, 6.07) is 8.06. The first kappa shape index (κ1) is 23.0. The largest absolute Gasteiger partial charge is 0.417 e. The monoisotopic (exact) mass is 477 g/mol. The zero-order chi connectivity index (χ0) is 24.6. The van der Waals surface area contributed by atoms with Gasteiger partial charge in [0.25, 0.3) is 5.91 Å². The molecule has 0 aliphatic carbocycles. The number of nitrogens with zero attached hydrogens (tertiary/aromatic N) is 3. The molecular formula is C22H16F5N5O2. The number of aromatic nitrogens is 1. The Labute approximate surface area is 189 Å². The molecule has 1 aliphatic rings. The highest BCUT2D eigenvalue weighted by Gasteiger charge is 2.35. The van der Waals surface area contributed by atoms with Crippen LogP contribution in [0.3, 0.4) is 0 Å². The Balaban J connectivity index is 1.62. The van der Waals surface area contributed by atoms with Crippen LogP contribution in [0.2, 0.25) is 0 Å². The van der Waals surface area contributed by atoms with Crippen molar-refractivity contribution in [1.29, 1.82) is 0 Å². The maximum Gasteiger partial charge on any atom is 0.417 e. The van der Waals surface area contributed by atoms with Gasteiger partial charge in [0, 0.05) is 24.5 Å². The fourth-order valence-electron chi connectivity index (χ4n) is 3.43. The van der Waals surface area contributed by atoms with Gasteiger partial charge in [-0.05, 0) is 42.5 Å². The number of urea groups is 1. The third-order valence-electron chi connectivity index (χ3n) is 5.07. The number of carbonyl (C=O) groups is 2. The van der Waals surface area contributed by atoms with Gasteiger partial charge >= 0.3 is 12.2 Å². The van der Waals surface area contributed by atoms with Crippen LogP contribution in [0.25, 0.3) is 0 Å². The second-order valence-electron chi connectivity index (χ2n) is 7.42.